The van der Waals surface area contributed by atoms with Gasteiger partial charge in [0.1, 0.15) is 5.75 Å². The normalized spacial score (nSPS) is 16.2. The SMILES string of the molecule is CC(C)(C)c1cc(CSC2CCCCCCC2)c(O)c(-c2cccc3ccccc23)c1. The number of phenols is 1. The van der Waals surface area contributed by atoms with Crippen molar-refractivity contribution < 1.29 is 5.11 Å². The summed E-state index contributed by atoms with van der Waals surface area (Å²) < 4.78 is 0. The maximum Gasteiger partial charge on any atom is 0.127 e. The quantitative estimate of drug-likeness (QED) is 0.444. The average molecular weight is 433 g/mol. The third-order valence-corrected chi connectivity index (χ3v) is 8.08. The van der Waals surface area contributed by atoms with E-state index in [2.05, 4.69) is 87.1 Å². The first kappa shape index (κ1) is 22.3. The predicted octanol–water partition coefficient (Wildman–Crippen LogP) is 8.86. The zero-order valence-electron chi connectivity index (χ0n) is 19.3. The highest BCUT2D eigenvalue weighted by Crippen LogP contribution is 2.42. The van der Waals surface area contributed by atoms with Gasteiger partial charge in [0.05, 0.1) is 0 Å². The molecule has 0 radical (unpaired) electrons. The molecule has 1 saturated carbocycles. The smallest absolute Gasteiger partial charge is 0.127 e. The van der Waals surface area contributed by atoms with Crippen LogP contribution in [0.15, 0.2) is 54.6 Å². The molecule has 1 fully saturated rings. The minimum Gasteiger partial charge on any atom is -0.507 e. The van der Waals surface area contributed by atoms with Crippen molar-refractivity contribution >= 4 is 22.5 Å². The van der Waals surface area contributed by atoms with Crippen LogP contribution in [-0.2, 0) is 11.2 Å². The van der Waals surface area contributed by atoms with Crippen LogP contribution in [0.2, 0.25) is 0 Å². The van der Waals surface area contributed by atoms with E-state index in [1.165, 1.54) is 61.3 Å². The Morgan fingerprint density at radius 2 is 1.52 bits per heavy atom. The Hall–Kier alpha value is -1.93. The number of fused-ring (bicyclic) bond motifs is 1. The van der Waals surface area contributed by atoms with Crippen molar-refractivity contribution in [1.29, 1.82) is 0 Å². The molecule has 0 amide bonds. The molecule has 0 aliphatic heterocycles. The Morgan fingerprint density at radius 1 is 0.839 bits per heavy atom. The van der Waals surface area contributed by atoms with Crippen molar-refractivity contribution in [2.24, 2.45) is 0 Å². The summed E-state index contributed by atoms with van der Waals surface area (Å²) in [6.45, 7) is 6.79. The number of thioether (sulfide) groups is 1. The van der Waals surface area contributed by atoms with Gasteiger partial charge in [-0.25, -0.2) is 0 Å². The molecule has 4 rings (SSSR count). The molecule has 1 N–H and O–H groups in total. The number of rotatable bonds is 4. The summed E-state index contributed by atoms with van der Waals surface area (Å²) in [5.74, 6) is 1.35. The molecule has 3 aromatic carbocycles. The van der Waals surface area contributed by atoms with Gasteiger partial charge in [0, 0.05) is 22.1 Å². The molecule has 0 heterocycles. The number of aromatic hydroxyl groups is 1. The van der Waals surface area contributed by atoms with E-state index in [1.807, 2.05) is 0 Å². The van der Waals surface area contributed by atoms with Crippen LogP contribution in [0.1, 0.15) is 76.8 Å². The minimum absolute atomic E-state index is 0.0344. The highest BCUT2D eigenvalue weighted by molar-refractivity contribution is 7.99. The highest BCUT2D eigenvalue weighted by atomic mass is 32.2. The summed E-state index contributed by atoms with van der Waals surface area (Å²) in [4.78, 5) is 0. The molecule has 0 atom stereocenters. The lowest BCUT2D eigenvalue weighted by atomic mass is 9.83. The molecule has 0 bridgehead atoms. The molecule has 1 nitrogen and oxygen atoms in total. The van der Waals surface area contributed by atoms with E-state index in [9.17, 15) is 5.11 Å². The second-order valence-electron chi connectivity index (χ2n) is 10.1. The first-order valence-electron chi connectivity index (χ1n) is 11.9. The van der Waals surface area contributed by atoms with Gasteiger partial charge in [-0.1, -0.05) is 101 Å². The number of phenolic OH excluding ortho intramolecular Hbond substituents is 1. The standard InChI is InChI=1S/C29H36OS/c1-29(2,3)23-18-22(20-31-24-14-7-5-4-6-8-15-24)28(30)27(19-23)26-17-11-13-21-12-9-10-16-25(21)26/h9-13,16-19,24,30H,4-8,14-15,20H2,1-3H3. The molecule has 164 valence electrons. The van der Waals surface area contributed by atoms with E-state index in [-0.39, 0.29) is 5.41 Å². The van der Waals surface area contributed by atoms with Gasteiger partial charge >= 0.3 is 0 Å². The van der Waals surface area contributed by atoms with Crippen molar-refractivity contribution in [2.75, 3.05) is 0 Å². The van der Waals surface area contributed by atoms with Gasteiger partial charge in [0.15, 0.2) is 0 Å². The van der Waals surface area contributed by atoms with E-state index in [4.69, 9.17) is 0 Å². The monoisotopic (exact) mass is 432 g/mol. The van der Waals surface area contributed by atoms with Crippen molar-refractivity contribution in [3.63, 3.8) is 0 Å². The molecule has 0 unspecified atom stereocenters. The lowest BCUT2D eigenvalue weighted by Crippen LogP contribution is -2.12. The topological polar surface area (TPSA) is 20.2 Å². The maximum absolute atomic E-state index is 11.4. The second-order valence-corrected chi connectivity index (χ2v) is 11.4. The van der Waals surface area contributed by atoms with Crippen molar-refractivity contribution in [3.05, 3.63) is 65.7 Å². The lowest BCUT2D eigenvalue weighted by Gasteiger charge is -2.24. The predicted molar refractivity (Wildman–Crippen MR) is 137 cm³/mol. The number of hydrogen-bond acceptors (Lipinski definition) is 2. The largest absolute Gasteiger partial charge is 0.507 e. The molecule has 3 aromatic rings. The van der Waals surface area contributed by atoms with Crippen LogP contribution in [0.3, 0.4) is 0 Å². The molecule has 2 heteroatoms. The number of benzene rings is 3. The van der Waals surface area contributed by atoms with Crippen LogP contribution in [0.5, 0.6) is 5.75 Å². The van der Waals surface area contributed by atoms with Gasteiger partial charge in [0.25, 0.3) is 0 Å². The Bertz CT molecular complexity index is 1020. The first-order chi connectivity index (χ1) is 14.9. The molecular weight excluding hydrogens is 396 g/mol. The van der Waals surface area contributed by atoms with Crippen LogP contribution in [0, 0.1) is 0 Å². The summed E-state index contributed by atoms with van der Waals surface area (Å²) in [5, 5.41) is 14.5. The molecule has 1 aliphatic carbocycles. The van der Waals surface area contributed by atoms with Crippen LogP contribution in [0.4, 0.5) is 0 Å². The Labute approximate surface area is 192 Å². The van der Waals surface area contributed by atoms with Crippen molar-refractivity contribution in [3.8, 4) is 16.9 Å². The maximum atomic E-state index is 11.4. The van der Waals surface area contributed by atoms with Gasteiger partial charge in [-0.3, -0.25) is 0 Å². The van der Waals surface area contributed by atoms with Crippen LogP contribution < -0.4 is 0 Å². The molecular formula is C29H36OS. The van der Waals surface area contributed by atoms with Gasteiger partial charge < -0.3 is 5.11 Å². The lowest BCUT2D eigenvalue weighted by molar-refractivity contribution is 0.471. The molecule has 31 heavy (non-hydrogen) atoms. The third kappa shape index (κ3) is 5.29. The zero-order valence-corrected chi connectivity index (χ0v) is 20.1. The van der Waals surface area contributed by atoms with Crippen LogP contribution in [-0.4, -0.2) is 10.4 Å². The van der Waals surface area contributed by atoms with Gasteiger partial charge in [-0.15, -0.1) is 0 Å². The van der Waals surface area contributed by atoms with Gasteiger partial charge in [0.2, 0.25) is 0 Å². The third-order valence-electron chi connectivity index (χ3n) is 6.66. The molecule has 1 aliphatic rings. The van der Waals surface area contributed by atoms with Gasteiger partial charge in [-0.05, 0) is 46.2 Å². The molecule has 0 saturated heterocycles. The Kier molecular flexibility index (Phi) is 6.96. The molecule has 0 spiro atoms. The summed E-state index contributed by atoms with van der Waals surface area (Å²) in [6.07, 6.45) is 9.52. The fourth-order valence-electron chi connectivity index (χ4n) is 4.70. The molecule has 0 aromatic heterocycles. The van der Waals surface area contributed by atoms with E-state index < -0.39 is 0 Å². The van der Waals surface area contributed by atoms with Gasteiger partial charge in [-0.2, -0.15) is 11.8 Å². The average Bonchev–Trinajstić information content (AvgIpc) is 2.73. The summed E-state index contributed by atoms with van der Waals surface area (Å²) in [7, 11) is 0. The fourth-order valence-corrected chi connectivity index (χ4v) is 6.00. The Balaban J connectivity index is 1.72. The van der Waals surface area contributed by atoms with E-state index in [0.29, 0.717) is 5.75 Å². The minimum atomic E-state index is 0.0344. The van der Waals surface area contributed by atoms with Crippen LogP contribution in [0.25, 0.3) is 21.9 Å². The Morgan fingerprint density at radius 3 is 2.26 bits per heavy atom. The zero-order chi connectivity index (χ0) is 21.8. The number of hydrogen-bond donors (Lipinski definition) is 1. The first-order valence-corrected chi connectivity index (χ1v) is 12.9. The summed E-state index contributed by atoms with van der Waals surface area (Å²) >= 11 is 2.05. The summed E-state index contributed by atoms with van der Waals surface area (Å²) in [5.41, 5.74) is 4.51. The van der Waals surface area contributed by atoms with Crippen LogP contribution >= 0.6 is 11.8 Å². The summed E-state index contributed by atoms with van der Waals surface area (Å²) in [6, 6.07) is 19.3. The van der Waals surface area contributed by atoms with Crippen molar-refractivity contribution in [2.45, 2.75) is 82.1 Å². The van der Waals surface area contributed by atoms with E-state index in [0.717, 1.165) is 27.7 Å². The second kappa shape index (κ2) is 9.69. The fraction of sp³-hybridized carbons (Fsp3) is 0.448. The van der Waals surface area contributed by atoms with E-state index in [1.54, 1.807) is 0 Å². The van der Waals surface area contributed by atoms with E-state index >= 15 is 0 Å². The highest BCUT2D eigenvalue weighted by Gasteiger charge is 2.21. The van der Waals surface area contributed by atoms with Crippen molar-refractivity contribution in [1.82, 2.24) is 0 Å².